The standard InChI is InChI=1S/C31H23N/c1-22-16-18-26(28(20-22)23-10-4-2-5-11-23)24-17-19-31-29(21-24)27-14-8-9-15-30(27)32(31)25-12-6-3-7-13-25/h2-21H,1H3. The van der Waals surface area contributed by atoms with Gasteiger partial charge in [0.1, 0.15) is 0 Å². The number of aromatic nitrogens is 1. The van der Waals surface area contributed by atoms with Gasteiger partial charge >= 0.3 is 0 Å². The molecule has 152 valence electrons. The summed E-state index contributed by atoms with van der Waals surface area (Å²) < 4.78 is 2.36. The molecule has 32 heavy (non-hydrogen) atoms. The van der Waals surface area contributed by atoms with Crippen molar-refractivity contribution in [3.8, 4) is 27.9 Å². The molecule has 0 fully saturated rings. The number of fused-ring (bicyclic) bond motifs is 3. The first-order valence-corrected chi connectivity index (χ1v) is 11.0. The SMILES string of the molecule is Cc1ccc(-c2ccc3c(c2)c2ccccc2n3-c2ccccc2)c(-c2ccccc2)c1. The van der Waals surface area contributed by atoms with Gasteiger partial charge in [-0.3, -0.25) is 0 Å². The number of nitrogens with zero attached hydrogens (tertiary/aromatic N) is 1. The summed E-state index contributed by atoms with van der Waals surface area (Å²) in [6.45, 7) is 2.16. The summed E-state index contributed by atoms with van der Waals surface area (Å²) in [6.07, 6.45) is 0. The van der Waals surface area contributed by atoms with Gasteiger partial charge in [0.05, 0.1) is 11.0 Å². The fourth-order valence-electron chi connectivity index (χ4n) is 4.76. The maximum absolute atomic E-state index is 2.36. The summed E-state index contributed by atoms with van der Waals surface area (Å²) in [6, 6.07) is 43.6. The molecule has 6 rings (SSSR count). The molecule has 0 aliphatic carbocycles. The lowest BCUT2D eigenvalue weighted by Crippen LogP contribution is -1.93. The lowest BCUT2D eigenvalue weighted by atomic mass is 9.92. The number of hydrogen-bond donors (Lipinski definition) is 0. The zero-order chi connectivity index (χ0) is 21.5. The van der Waals surface area contributed by atoms with Crippen LogP contribution in [0.25, 0.3) is 49.7 Å². The van der Waals surface area contributed by atoms with E-state index in [0.29, 0.717) is 0 Å². The number of benzene rings is 5. The Balaban J connectivity index is 1.63. The van der Waals surface area contributed by atoms with Gasteiger partial charge in [0.25, 0.3) is 0 Å². The molecule has 0 aliphatic rings. The van der Waals surface area contributed by atoms with E-state index in [1.807, 2.05) is 0 Å². The summed E-state index contributed by atoms with van der Waals surface area (Å²) in [5, 5.41) is 2.56. The second-order valence-corrected chi connectivity index (χ2v) is 8.34. The highest BCUT2D eigenvalue weighted by molar-refractivity contribution is 6.10. The molecule has 0 saturated heterocycles. The van der Waals surface area contributed by atoms with Gasteiger partial charge in [0.15, 0.2) is 0 Å². The Morgan fingerprint density at radius 2 is 1.16 bits per heavy atom. The molecule has 1 heteroatoms. The highest BCUT2D eigenvalue weighted by Gasteiger charge is 2.14. The molecule has 0 amide bonds. The number of hydrogen-bond acceptors (Lipinski definition) is 0. The van der Waals surface area contributed by atoms with E-state index in [4.69, 9.17) is 0 Å². The Bertz CT molecular complexity index is 1560. The first kappa shape index (κ1) is 18.7. The number of rotatable bonds is 3. The van der Waals surface area contributed by atoms with E-state index < -0.39 is 0 Å². The van der Waals surface area contributed by atoms with Gasteiger partial charge in [-0.25, -0.2) is 0 Å². The molecule has 0 radical (unpaired) electrons. The van der Waals surface area contributed by atoms with Crippen LogP contribution in [-0.2, 0) is 0 Å². The highest BCUT2D eigenvalue weighted by Crippen LogP contribution is 2.38. The van der Waals surface area contributed by atoms with Crippen molar-refractivity contribution in [1.29, 1.82) is 0 Å². The van der Waals surface area contributed by atoms with E-state index in [1.165, 1.54) is 55.3 Å². The van der Waals surface area contributed by atoms with Crippen LogP contribution in [0, 0.1) is 6.92 Å². The molecule has 0 unspecified atom stereocenters. The van der Waals surface area contributed by atoms with Gasteiger partial charge in [-0.05, 0) is 59.5 Å². The normalized spacial score (nSPS) is 11.3. The van der Waals surface area contributed by atoms with Crippen molar-refractivity contribution in [2.24, 2.45) is 0 Å². The molecule has 0 saturated carbocycles. The molecule has 5 aromatic carbocycles. The predicted octanol–water partition coefficient (Wildman–Crippen LogP) is 8.43. The molecule has 0 bridgehead atoms. The summed E-state index contributed by atoms with van der Waals surface area (Å²) >= 11 is 0. The lowest BCUT2D eigenvalue weighted by Gasteiger charge is -2.12. The Kier molecular flexibility index (Phi) is 4.40. The molecule has 1 heterocycles. The highest BCUT2D eigenvalue weighted by atomic mass is 15.0. The lowest BCUT2D eigenvalue weighted by molar-refractivity contribution is 1.18. The molecular formula is C31H23N. The zero-order valence-corrected chi connectivity index (χ0v) is 18.0. The summed E-state index contributed by atoms with van der Waals surface area (Å²) in [7, 11) is 0. The van der Waals surface area contributed by atoms with Gasteiger partial charge in [-0.1, -0.05) is 96.6 Å². The minimum absolute atomic E-state index is 1.19. The molecular weight excluding hydrogens is 386 g/mol. The second kappa shape index (κ2) is 7.55. The van der Waals surface area contributed by atoms with Crippen molar-refractivity contribution in [3.63, 3.8) is 0 Å². The monoisotopic (exact) mass is 409 g/mol. The Hall–Kier alpha value is -4.10. The van der Waals surface area contributed by atoms with Crippen molar-refractivity contribution in [1.82, 2.24) is 4.57 Å². The fourth-order valence-corrected chi connectivity index (χ4v) is 4.76. The topological polar surface area (TPSA) is 4.93 Å². The van der Waals surface area contributed by atoms with Gasteiger partial charge in [0, 0.05) is 16.5 Å². The number of para-hydroxylation sites is 2. The molecule has 6 aromatic rings. The Morgan fingerprint density at radius 1 is 0.469 bits per heavy atom. The van der Waals surface area contributed by atoms with E-state index in [9.17, 15) is 0 Å². The summed E-state index contributed by atoms with van der Waals surface area (Å²) in [5.41, 5.74) is 9.95. The van der Waals surface area contributed by atoms with E-state index in [1.54, 1.807) is 0 Å². The van der Waals surface area contributed by atoms with Gasteiger partial charge in [0.2, 0.25) is 0 Å². The molecule has 1 nitrogen and oxygen atoms in total. The van der Waals surface area contributed by atoms with Gasteiger partial charge < -0.3 is 4.57 Å². The van der Waals surface area contributed by atoms with Crippen LogP contribution in [0.15, 0.2) is 121 Å². The molecule has 0 atom stereocenters. The summed E-state index contributed by atoms with van der Waals surface area (Å²) in [4.78, 5) is 0. The molecule has 0 aliphatic heterocycles. The van der Waals surface area contributed by atoms with Crippen molar-refractivity contribution in [3.05, 3.63) is 127 Å². The first-order valence-electron chi connectivity index (χ1n) is 11.0. The maximum Gasteiger partial charge on any atom is 0.0541 e. The van der Waals surface area contributed by atoms with Crippen LogP contribution >= 0.6 is 0 Å². The maximum atomic E-state index is 2.36. The first-order chi connectivity index (χ1) is 15.8. The second-order valence-electron chi connectivity index (χ2n) is 8.34. The Labute approximate surface area is 188 Å². The smallest absolute Gasteiger partial charge is 0.0541 e. The minimum Gasteiger partial charge on any atom is -0.309 e. The average molecular weight is 410 g/mol. The third-order valence-electron chi connectivity index (χ3n) is 6.26. The predicted molar refractivity (Wildman–Crippen MR) is 136 cm³/mol. The fraction of sp³-hybridized carbons (Fsp3) is 0.0323. The average Bonchev–Trinajstić information content (AvgIpc) is 3.19. The summed E-state index contributed by atoms with van der Waals surface area (Å²) in [5.74, 6) is 0. The van der Waals surface area contributed by atoms with E-state index in [2.05, 4.69) is 133 Å². The van der Waals surface area contributed by atoms with Crippen LogP contribution < -0.4 is 0 Å². The third kappa shape index (κ3) is 3.02. The van der Waals surface area contributed by atoms with Crippen LogP contribution in [0.3, 0.4) is 0 Å². The van der Waals surface area contributed by atoms with Crippen molar-refractivity contribution >= 4 is 21.8 Å². The molecule has 0 spiro atoms. The van der Waals surface area contributed by atoms with Gasteiger partial charge in [-0.15, -0.1) is 0 Å². The van der Waals surface area contributed by atoms with Crippen LogP contribution in [0.2, 0.25) is 0 Å². The van der Waals surface area contributed by atoms with Crippen molar-refractivity contribution in [2.75, 3.05) is 0 Å². The Morgan fingerprint density at radius 3 is 1.97 bits per heavy atom. The van der Waals surface area contributed by atoms with Crippen molar-refractivity contribution < 1.29 is 0 Å². The van der Waals surface area contributed by atoms with Crippen LogP contribution in [0.1, 0.15) is 5.56 Å². The van der Waals surface area contributed by atoms with E-state index >= 15 is 0 Å². The van der Waals surface area contributed by atoms with Crippen LogP contribution in [-0.4, -0.2) is 4.57 Å². The zero-order valence-electron chi connectivity index (χ0n) is 18.0. The van der Waals surface area contributed by atoms with Crippen LogP contribution in [0.4, 0.5) is 0 Å². The molecule has 0 N–H and O–H groups in total. The van der Waals surface area contributed by atoms with E-state index in [0.717, 1.165) is 0 Å². The number of aryl methyl sites for hydroxylation is 1. The third-order valence-corrected chi connectivity index (χ3v) is 6.26. The molecule has 1 aromatic heterocycles. The minimum atomic E-state index is 1.19. The largest absolute Gasteiger partial charge is 0.309 e. The van der Waals surface area contributed by atoms with Crippen molar-refractivity contribution in [2.45, 2.75) is 6.92 Å². The quantitative estimate of drug-likeness (QED) is 0.276. The van der Waals surface area contributed by atoms with Crippen LogP contribution in [0.5, 0.6) is 0 Å². The van der Waals surface area contributed by atoms with Gasteiger partial charge in [-0.2, -0.15) is 0 Å². The van der Waals surface area contributed by atoms with E-state index in [-0.39, 0.29) is 0 Å².